The van der Waals surface area contributed by atoms with E-state index in [1.807, 2.05) is 6.92 Å². The van der Waals surface area contributed by atoms with Crippen LogP contribution in [0.4, 0.5) is 24.5 Å². The van der Waals surface area contributed by atoms with Crippen molar-refractivity contribution in [1.29, 1.82) is 0 Å². The van der Waals surface area contributed by atoms with E-state index in [4.69, 9.17) is 0 Å². The Morgan fingerprint density at radius 3 is 2.50 bits per heavy atom. The van der Waals surface area contributed by atoms with Crippen molar-refractivity contribution in [2.45, 2.75) is 25.9 Å². The fourth-order valence-corrected chi connectivity index (χ4v) is 2.98. The number of aromatic nitrogens is 3. The molecule has 0 atom stereocenters. The van der Waals surface area contributed by atoms with Gasteiger partial charge in [-0.3, -0.25) is 4.79 Å². The highest BCUT2D eigenvalue weighted by Gasteiger charge is 2.32. The Balaban J connectivity index is 1.87. The van der Waals surface area contributed by atoms with Crippen LogP contribution in [-0.4, -0.2) is 34.3 Å². The SMILES string of the molecule is CCCCN(C)c1ccc(C(F)(F)F)cc1C(=O)Nc1ccc(-n2cncn2)cc1. The Kier molecular flexibility index (Phi) is 6.39. The lowest BCUT2D eigenvalue weighted by atomic mass is 10.1. The van der Waals surface area contributed by atoms with Gasteiger partial charge in [0, 0.05) is 25.0 Å². The van der Waals surface area contributed by atoms with Gasteiger partial charge in [0.25, 0.3) is 5.91 Å². The van der Waals surface area contributed by atoms with Crippen molar-refractivity contribution in [3.8, 4) is 5.69 Å². The summed E-state index contributed by atoms with van der Waals surface area (Å²) in [6.07, 6.45) is 0.205. The van der Waals surface area contributed by atoms with Crippen LogP contribution in [0.15, 0.2) is 55.1 Å². The van der Waals surface area contributed by atoms with Crippen molar-refractivity contribution in [2.24, 2.45) is 0 Å². The summed E-state index contributed by atoms with van der Waals surface area (Å²) >= 11 is 0. The molecule has 0 bridgehead atoms. The van der Waals surface area contributed by atoms with E-state index >= 15 is 0 Å². The van der Waals surface area contributed by atoms with Crippen molar-refractivity contribution in [3.05, 3.63) is 66.2 Å². The standard InChI is InChI=1S/C21H22F3N5O/c1-3-4-11-28(2)19-10-5-15(21(22,23)24)12-18(19)20(30)27-16-6-8-17(9-7-16)29-14-25-13-26-29/h5-10,12-14H,3-4,11H2,1-2H3,(H,27,30). The number of unbranched alkanes of at least 4 members (excludes halogenated alkanes) is 1. The van der Waals surface area contributed by atoms with Gasteiger partial charge >= 0.3 is 6.18 Å². The molecular weight excluding hydrogens is 395 g/mol. The molecule has 0 unspecified atom stereocenters. The maximum atomic E-state index is 13.2. The van der Waals surface area contributed by atoms with Gasteiger partial charge in [0.1, 0.15) is 12.7 Å². The Labute approximate surface area is 172 Å². The molecule has 0 aliphatic rings. The van der Waals surface area contributed by atoms with Crippen LogP contribution >= 0.6 is 0 Å². The van der Waals surface area contributed by atoms with Crippen molar-refractivity contribution >= 4 is 17.3 Å². The summed E-state index contributed by atoms with van der Waals surface area (Å²) in [5.41, 5.74) is 0.770. The van der Waals surface area contributed by atoms with Gasteiger partial charge in [-0.15, -0.1) is 0 Å². The first-order valence-corrected chi connectivity index (χ1v) is 9.48. The van der Waals surface area contributed by atoms with E-state index in [2.05, 4.69) is 15.4 Å². The van der Waals surface area contributed by atoms with Crippen LogP contribution in [0.3, 0.4) is 0 Å². The topological polar surface area (TPSA) is 63.1 Å². The van der Waals surface area contributed by atoms with Crippen LogP contribution in [0.1, 0.15) is 35.7 Å². The number of hydrogen-bond donors (Lipinski definition) is 1. The number of carbonyl (C=O) groups is 1. The average Bonchev–Trinajstić information content (AvgIpc) is 3.26. The third kappa shape index (κ3) is 4.97. The summed E-state index contributed by atoms with van der Waals surface area (Å²) in [7, 11) is 1.77. The van der Waals surface area contributed by atoms with Crippen molar-refractivity contribution in [1.82, 2.24) is 14.8 Å². The number of carbonyl (C=O) groups excluding carboxylic acids is 1. The summed E-state index contributed by atoms with van der Waals surface area (Å²) in [4.78, 5) is 18.5. The molecule has 2 aromatic carbocycles. The Bertz CT molecular complexity index is 985. The van der Waals surface area contributed by atoms with Gasteiger partial charge in [0.05, 0.1) is 16.8 Å². The highest BCUT2D eigenvalue weighted by Crippen LogP contribution is 2.33. The number of amides is 1. The monoisotopic (exact) mass is 417 g/mol. The van der Waals surface area contributed by atoms with Crippen molar-refractivity contribution in [3.63, 3.8) is 0 Å². The summed E-state index contributed by atoms with van der Waals surface area (Å²) in [6, 6.07) is 10.0. The van der Waals surface area contributed by atoms with Gasteiger partial charge in [0.2, 0.25) is 0 Å². The molecule has 3 rings (SSSR count). The first-order valence-electron chi connectivity index (χ1n) is 9.48. The van der Waals surface area contributed by atoms with E-state index in [9.17, 15) is 18.0 Å². The Morgan fingerprint density at radius 1 is 1.17 bits per heavy atom. The van der Waals surface area contributed by atoms with Crippen LogP contribution in [0.25, 0.3) is 5.69 Å². The summed E-state index contributed by atoms with van der Waals surface area (Å²) in [6.45, 7) is 2.66. The molecule has 3 aromatic rings. The molecule has 0 spiro atoms. The molecular formula is C21H22F3N5O. The predicted molar refractivity (Wildman–Crippen MR) is 109 cm³/mol. The molecule has 1 amide bonds. The molecule has 0 aliphatic heterocycles. The molecule has 1 N–H and O–H groups in total. The van der Waals surface area contributed by atoms with Crippen molar-refractivity contribution in [2.75, 3.05) is 23.8 Å². The second-order valence-corrected chi connectivity index (χ2v) is 6.85. The maximum absolute atomic E-state index is 13.2. The second-order valence-electron chi connectivity index (χ2n) is 6.85. The molecule has 0 aliphatic carbocycles. The number of rotatable bonds is 7. The van der Waals surface area contributed by atoms with Crippen LogP contribution in [0.5, 0.6) is 0 Å². The lowest BCUT2D eigenvalue weighted by Crippen LogP contribution is -2.24. The van der Waals surface area contributed by atoms with Crippen LogP contribution in [0.2, 0.25) is 0 Å². The Hall–Kier alpha value is -3.36. The molecule has 158 valence electrons. The molecule has 1 heterocycles. The van der Waals surface area contributed by atoms with Gasteiger partial charge in [-0.2, -0.15) is 18.3 Å². The van der Waals surface area contributed by atoms with Gasteiger partial charge in [0.15, 0.2) is 0 Å². The van der Waals surface area contributed by atoms with Crippen LogP contribution in [-0.2, 0) is 6.18 Å². The number of halogens is 3. The van der Waals surface area contributed by atoms with E-state index in [1.54, 1.807) is 40.9 Å². The lowest BCUT2D eigenvalue weighted by molar-refractivity contribution is -0.137. The van der Waals surface area contributed by atoms with E-state index < -0.39 is 17.6 Å². The quantitative estimate of drug-likeness (QED) is 0.601. The number of nitrogens with one attached hydrogen (secondary N) is 1. The maximum Gasteiger partial charge on any atom is 0.416 e. The minimum absolute atomic E-state index is 0.0243. The Morgan fingerprint density at radius 2 is 1.90 bits per heavy atom. The number of nitrogens with zero attached hydrogens (tertiary/aromatic N) is 4. The highest BCUT2D eigenvalue weighted by atomic mass is 19.4. The largest absolute Gasteiger partial charge is 0.416 e. The third-order valence-corrected chi connectivity index (χ3v) is 4.64. The smallest absolute Gasteiger partial charge is 0.374 e. The number of benzene rings is 2. The number of hydrogen-bond acceptors (Lipinski definition) is 4. The average molecular weight is 417 g/mol. The fourth-order valence-electron chi connectivity index (χ4n) is 2.98. The molecule has 0 fully saturated rings. The van der Waals surface area contributed by atoms with Crippen LogP contribution < -0.4 is 10.2 Å². The highest BCUT2D eigenvalue weighted by molar-refractivity contribution is 6.08. The van der Waals surface area contributed by atoms with Gasteiger partial charge < -0.3 is 10.2 Å². The summed E-state index contributed by atoms with van der Waals surface area (Å²) in [5, 5.41) is 6.70. The predicted octanol–water partition coefficient (Wildman–Crippen LogP) is 4.77. The lowest BCUT2D eigenvalue weighted by Gasteiger charge is -2.23. The molecule has 6 nitrogen and oxygen atoms in total. The fraction of sp³-hybridized carbons (Fsp3) is 0.286. The van der Waals surface area contributed by atoms with Gasteiger partial charge in [-0.05, 0) is 48.9 Å². The molecule has 30 heavy (non-hydrogen) atoms. The first-order chi connectivity index (χ1) is 14.3. The molecule has 0 saturated heterocycles. The summed E-state index contributed by atoms with van der Waals surface area (Å²) in [5.74, 6) is -0.604. The molecule has 9 heteroatoms. The minimum atomic E-state index is -4.53. The summed E-state index contributed by atoms with van der Waals surface area (Å²) < 4.78 is 41.2. The first kappa shape index (κ1) is 21.4. The van der Waals surface area contributed by atoms with E-state index in [0.29, 0.717) is 17.9 Å². The number of anilines is 2. The minimum Gasteiger partial charge on any atom is -0.374 e. The van der Waals surface area contributed by atoms with E-state index in [-0.39, 0.29) is 5.56 Å². The molecule has 1 aromatic heterocycles. The normalized spacial score (nSPS) is 11.4. The molecule has 0 radical (unpaired) electrons. The second kappa shape index (κ2) is 8.98. The van der Waals surface area contributed by atoms with E-state index in [0.717, 1.165) is 30.7 Å². The van der Waals surface area contributed by atoms with Gasteiger partial charge in [-0.1, -0.05) is 13.3 Å². The molecule has 0 saturated carbocycles. The third-order valence-electron chi connectivity index (χ3n) is 4.64. The zero-order chi connectivity index (χ0) is 21.7. The zero-order valence-electron chi connectivity index (χ0n) is 16.6. The number of alkyl halides is 3. The van der Waals surface area contributed by atoms with Gasteiger partial charge in [-0.25, -0.2) is 9.67 Å². The van der Waals surface area contributed by atoms with Crippen molar-refractivity contribution < 1.29 is 18.0 Å². The zero-order valence-corrected chi connectivity index (χ0v) is 16.6. The van der Waals surface area contributed by atoms with Crippen LogP contribution in [0, 0.1) is 0 Å². The van der Waals surface area contributed by atoms with E-state index in [1.165, 1.54) is 18.7 Å².